The van der Waals surface area contributed by atoms with Crippen molar-refractivity contribution in [2.75, 3.05) is 19.0 Å². The third-order valence-corrected chi connectivity index (χ3v) is 2.31. The van der Waals surface area contributed by atoms with Crippen LogP contribution in [0.3, 0.4) is 0 Å². The molecular formula is C12H16N4O2. The van der Waals surface area contributed by atoms with Gasteiger partial charge in [0.1, 0.15) is 5.75 Å². The van der Waals surface area contributed by atoms with E-state index in [1.165, 1.54) is 0 Å². The Labute approximate surface area is 105 Å². The molecule has 2 N–H and O–H groups in total. The van der Waals surface area contributed by atoms with Crippen LogP contribution in [0, 0.1) is 0 Å². The Kier molecular flexibility index (Phi) is 4.14. The molecule has 0 bridgehead atoms. The standard InChI is InChI=1S/C12H16N4O2/c1-3-13-8-11-15-16-12(18-11)14-9-5-4-6-10(7-9)17-2/h4-7,13H,3,8H2,1-2H3,(H,14,16). The minimum Gasteiger partial charge on any atom is -0.497 e. The van der Waals surface area contributed by atoms with Gasteiger partial charge in [-0.05, 0) is 18.7 Å². The topological polar surface area (TPSA) is 72.2 Å². The Morgan fingerprint density at radius 3 is 3.00 bits per heavy atom. The van der Waals surface area contributed by atoms with E-state index in [-0.39, 0.29) is 0 Å². The van der Waals surface area contributed by atoms with Crippen LogP contribution >= 0.6 is 0 Å². The van der Waals surface area contributed by atoms with E-state index in [1.807, 2.05) is 31.2 Å². The Morgan fingerprint density at radius 1 is 1.33 bits per heavy atom. The number of aromatic nitrogens is 2. The van der Waals surface area contributed by atoms with Crippen molar-refractivity contribution in [3.63, 3.8) is 0 Å². The van der Waals surface area contributed by atoms with Gasteiger partial charge < -0.3 is 19.8 Å². The first kappa shape index (κ1) is 12.4. The van der Waals surface area contributed by atoms with Crippen LogP contribution in [0.5, 0.6) is 5.75 Å². The number of anilines is 2. The first-order chi connectivity index (χ1) is 8.81. The molecule has 0 saturated heterocycles. The molecule has 0 unspecified atom stereocenters. The van der Waals surface area contributed by atoms with E-state index in [0.717, 1.165) is 18.0 Å². The third kappa shape index (κ3) is 3.21. The maximum Gasteiger partial charge on any atom is 0.320 e. The van der Waals surface area contributed by atoms with Gasteiger partial charge in [-0.25, -0.2) is 0 Å². The second-order valence-corrected chi connectivity index (χ2v) is 3.64. The van der Waals surface area contributed by atoms with Gasteiger partial charge in [-0.3, -0.25) is 0 Å². The fourth-order valence-corrected chi connectivity index (χ4v) is 1.43. The molecule has 0 aliphatic heterocycles. The number of rotatable bonds is 6. The Hall–Kier alpha value is -2.08. The van der Waals surface area contributed by atoms with Crippen LogP contribution in [0.2, 0.25) is 0 Å². The monoisotopic (exact) mass is 248 g/mol. The summed E-state index contributed by atoms with van der Waals surface area (Å²) in [6.45, 7) is 3.45. The van der Waals surface area contributed by atoms with E-state index in [9.17, 15) is 0 Å². The van der Waals surface area contributed by atoms with E-state index in [2.05, 4.69) is 20.8 Å². The Bertz CT molecular complexity index is 498. The minimum atomic E-state index is 0.371. The maximum atomic E-state index is 5.43. The lowest BCUT2D eigenvalue weighted by Gasteiger charge is -2.03. The summed E-state index contributed by atoms with van der Waals surface area (Å²) in [6, 6.07) is 7.88. The number of methoxy groups -OCH3 is 1. The van der Waals surface area contributed by atoms with Crippen molar-refractivity contribution in [1.82, 2.24) is 15.5 Å². The lowest BCUT2D eigenvalue weighted by molar-refractivity contribution is 0.415. The minimum absolute atomic E-state index is 0.371. The number of ether oxygens (including phenoxy) is 1. The molecule has 1 heterocycles. The van der Waals surface area contributed by atoms with E-state index in [0.29, 0.717) is 18.5 Å². The van der Waals surface area contributed by atoms with Crippen molar-refractivity contribution in [3.05, 3.63) is 30.2 Å². The van der Waals surface area contributed by atoms with Gasteiger partial charge in [0.15, 0.2) is 0 Å². The molecule has 1 aromatic carbocycles. The predicted molar refractivity (Wildman–Crippen MR) is 68.0 cm³/mol. The van der Waals surface area contributed by atoms with Gasteiger partial charge in [0, 0.05) is 11.8 Å². The molecule has 0 aliphatic rings. The first-order valence-electron chi connectivity index (χ1n) is 5.76. The van der Waals surface area contributed by atoms with Crippen molar-refractivity contribution in [2.24, 2.45) is 0 Å². The molecule has 0 saturated carbocycles. The number of nitrogens with zero attached hydrogens (tertiary/aromatic N) is 2. The van der Waals surface area contributed by atoms with E-state index in [1.54, 1.807) is 7.11 Å². The zero-order valence-electron chi connectivity index (χ0n) is 10.4. The van der Waals surface area contributed by atoms with Gasteiger partial charge in [-0.1, -0.05) is 18.1 Å². The SMILES string of the molecule is CCNCc1nnc(Nc2cccc(OC)c2)o1. The van der Waals surface area contributed by atoms with Gasteiger partial charge in [0.2, 0.25) is 5.89 Å². The maximum absolute atomic E-state index is 5.43. The Morgan fingerprint density at radius 2 is 2.22 bits per heavy atom. The van der Waals surface area contributed by atoms with Gasteiger partial charge in [-0.2, -0.15) is 0 Å². The van der Waals surface area contributed by atoms with Gasteiger partial charge in [-0.15, -0.1) is 5.10 Å². The molecule has 0 spiro atoms. The molecule has 0 fully saturated rings. The quantitative estimate of drug-likeness (QED) is 0.813. The smallest absolute Gasteiger partial charge is 0.320 e. The molecule has 0 aliphatic carbocycles. The van der Waals surface area contributed by atoms with Crippen LogP contribution in [-0.4, -0.2) is 23.9 Å². The molecule has 0 radical (unpaired) electrons. The van der Waals surface area contributed by atoms with Crippen molar-refractivity contribution >= 4 is 11.7 Å². The van der Waals surface area contributed by atoms with Crippen molar-refractivity contribution < 1.29 is 9.15 Å². The van der Waals surface area contributed by atoms with Crippen LogP contribution in [0.25, 0.3) is 0 Å². The summed E-state index contributed by atoms with van der Waals surface area (Å²) in [5.41, 5.74) is 0.841. The second-order valence-electron chi connectivity index (χ2n) is 3.64. The number of nitrogens with one attached hydrogen (secondary N) is 2. The fraction of sp³-hybridized carbons (Fsp3) is 0.333. The zero-order chi connectivity index (χ0) is 12.8. The number of benzene rings is 1. The lowest BCUT2D eigenvalue weighted by atomic mass is 10.3. The molecule has 2 aromatic rings. The molecular weight excluding hydrogens is 232 g/mol. The largest absolute Gasteiger partial charge is 0.497 e. The van der Waals surface area contributed by atoms with E-state index < -0.39 is 0 Å². The van der Waals surface area contributed by atoms with E-state index >= 15 is 0 Å². The molecule has 6 nitrogen and oxygen atoms in total. The van der Waals surface area contributed by atoms with Crippen LogP contribution in [0.4, 0.5) is 11.7 Å². The highest BCUT2D eigenvalue weighted by Gasteiger charge is 2.05. The lowest BCUT2D eigenvalue weighted by Crippen LogP contribution is -2.11. The molecule has 0 atom stereocenters. The summed E-state index contributed by atoms with van der Waals surface area (Å²) in [5, 5.41) is 14.0. The summed E-state index contributed by atoms with van der Waals surface area (Å²) in [7, 11) is 1.63. The van der Waals surface area contributed by atoms with Crippen LogP contribution in [0.1, 0.15) is 12.8 Å². The highest BCUT2D eigenvalue weighted by molar-refractivity contribution is 5.54. The molecule has 2 rings (SSSR count). The average molecular weight is 248 g/mol. The Balaban J connectivity index is 2.01. The van der Waals surface area contributed by atoms with Crippen LogP contribution in [0.15, 0.2) is 28.7 Å². The highest BCUT2D eigenvalue weighted by atomic mass is 16.5. The average Bonchev–Trinajstić information content (AvgIpc) is 2.84. The van der Waals surface area contributed by atoms with Crippen molar-refractivity contribution in [3.8, 4) is 5.75 Å². The molecule has 96 valence electrons. The molecule has 0 amide bonds. The second kappa shape index (κ2) is 6.02. The molecule has 1 aromatic heterocycles. The number of hydrogen-bond acceptors (Lipinski definition) is 6. The van der Waals surface area contributed by atoms with Crippen LogP contribution in [-0.2, 0) is 6.54 Å². The van der Waals surface area contributed by atoms with Crippen molar-refractivity contribution in [2.45, 2.75) is 13.5 Å². The van der Waals surface area contributed by atoms with E-state index in [4.69, 9.17) is 9.15 Å². The summed E-state index contributed by atoms with van der Waals surface area (Å²) >= 11 is 0. The first-order valence-corrected chi connectivity index (χ1v) is 5.76. The summed E-state index contributed by atoms with van der Waals surface area (Å²) in [5.74, 6) is 1.33. The highest BCUT2D eigenvalue weighted by Crippen LogP contribution is 2.20. The summed E-state index contributed by atoms with van der Waals surface area (Å²) < 4.78 is 10.6. The third-order valence-electron chi connectivity index (χ3n) is 2.31. The fourth-order valence-electron chi connectivity index (χ4n) is 1.43. The predicted octanol–water partition coefficient (Wildman–Crippen LogP) is 1.93. The normalized spacial score (nSPS) is 10.3. The summed E-state index contributed by atoms with van der Waals surface area (Å²) in [4.78, 5) is 0. The van der Waals surface area contributed by atoms with Gasteiger partial charge in [0.05, 0.1) is 13.7 Å². The van der Waals surface area contributed by atoms with Gasteiger partial charge in [0.25, 0.3) is 0 Å². The molecule has 6 heteroatoms. The summed E-state index contributed by atoms with van der Waals surface area (Å²) in [6.07, 6.45) is 0. The van der Waals surface area contributed by atoms with Gasteiger partial charge >= 0.3 is 6.01 Å². The number of hydrogen-bond donors (Lipinski definition) is 2. The van der Waals surface area contributed by atoms with Crippen LogP contribution < -0.4 is 15.4 Å². The molecule has 18 heavy (non-hydrogen) atoms. The van der Waals surface area contributed by atoms with Crippen molar-refractivity contribution in [1.29, 1.82) is 0 Å². The zero-order valence-corrected chi connectivity index (χ0v) is 10.4.